The van der Waals surface area contributed by atoms with E-state index in [-0.39, 0.29) is 56.0 Å². The van der Waals surface area contributed by atoms with Gasteiger partial charge < -0.3 is 15.1 Å². The number of amides is 3. The first-order valence-electron chi connectivity index (χ1n) is 9.33. The van der Waals surface area contributed by atoms with Crippen LogP contribution in [0.3, 0.4) is 0 Å². The van der Waals surface area contributed by atoms with Crippen LogP contribution in [-0.2, 0) is 11.0 Å². The van der Waals surface area contributed by atoms with Crippen LogP contribution in [-0.4, -0.2) is 60.2 Å². The Hall–Kier alpha value is -3.36. The molecule has 1 fully saturated rings. The lowest BCUT2D eigenvalue weighted by Gasteiger charge is -2.35. The molecule has 1 heterocycles. The SMILES string of the molecule is O=C(NCC(=O)N1CCN(C(=O)c2ccc(C(F)(F)F)cc2)CC1)c1ccccc1. The largest absolute Gasteiger partial charge is 0.416 e. The number of nitrogens with one attached hydrogen (secondary N) is 1. The minimum atomic E-state index is -4.45. The molecule has 0 radical (unpaired) electrons. The molecular formula is C21H20F3N3O3. The Bertz CT molecular complexity index is 907. The summed E-state index contributed by atoms with van der Waals surface area (Å²) in [6, 6.07) is 12.6. The number of alkyl halides is 3. The second-order valence-electron chi connectivity index (χ2n) is 6.80. The zero-order chi connectivity index (χ0) is 21.7. The second kappa shape index (κ2) is 8.98. The average molecular weight is 419 g/mol. The summed E-state index contributed by atoms with van der Waals surface area (Å²) < 4.78 is 37.9. The summed E-state index contributed by atoms with van der Waals surface area (Å²) >= 11 is 0. The predicted molar refractivity (Wildman–Crippen MR) is 103 cm³/mol. The summed E-state index contributed by atoms with van der Waals surface area (Å²) in [6.07, 6.45) is -4.45. The molecule has 158 valence electrons. The van der Waals surface area contributed by atoms with Gasteiger partial charge in [0.1, 0.15) is 0 Å². The summed E-state index contributed by atoms with van der Waals surface area (Å²) in [7, 11) is 0. The number of hydrogen-bond acceptors (Lipinski definition) is 3. The maximum Gasteiger partial charge on any atom is 0.416 e. The van der Waals surface area contributed by atoms with Crippen LogP contribution in [0.1, 0.15) is 26.3 Å². The van der Waals surface area contributed by atoms with Gasteiger partial charge in [-0.1, -0.05) is 18.2 Å². The smallest absolute Gasteiger partial charge is 0.343 e. The highest BCUT2D eigenvalue weighted by Gasteiger charge is 2.31. The average Bonchev–Trinajstić information content (AvgIpc) is 2.77. The van der Waals surface area contributed by atoms with Crippen LogP contribution in [0, 0.1) is 0 Å². The highest BCUT2D eigenvalue weighted by atomic mass is 19.4. The molecule has 0 atom stereocenters. The van der Waals surface area contributed by atoms with E-state index in [1.54, 1.807) is 35.2 Å². The molecule has 1 N–H and O–H groups in total. The van der Waals surface area contributed by atoms with Gasteiger partial charge in [0.2, 0.25) is 5.91 Å². The summed E-state index contributed by atoms with van der Waals surface area (Å²) in [5.74, 6) is -0.991. The molecule has 2 aromatic carbocycles. The van der Waals surface area contributed by atoms with Crippen molar-refractivity contribution >= 4 is 17.7 Å². The van der Waals surface area contributed by atoms with E-state index < -0.39 is 11.7 Å². The van der Waals surface area contributed by atoms with E-state index in [2.05, 4.69) is 5.32 Å². The monoisotopic (exact) mass is 419 g/mol. The van der Waals surface area contributed by atoms with Gasteiger partial charge in [-0.25, -0.2) is 0 Å². The fourth-order valence-electron chi connectivity index (χ4n) is 3.10. The molecule has 1 aliphatic heterocycles. The number of carbonyl (C=O) groups is 3. The van der Waals surface area contributed by atoms with Crippen molar-refractivity contribution in [3.63, 3.8) is 0 Å². The van der Waals surface area contributed by atoms with E-state index in [1.807, 2.05) is 0 Å². The summed E-state index contributed by atoms with van der Waals surface area (Å²) in [6.45, 7) is 0.940. The predicted octanol–water partition coefficient (Wildman–Crippen LogP) is 2.42. The Labute approximate surface area is 171 Å². The Morgan fingerprint density at radius 2 is 1.37 bits per heavy atom. The molecule has 0 spiro atoms. The Kier molecular flexibility index (Phi) is 6.39. The molecule has 2 aromatic rings. The van der Waals surface area contributed by atoms with E-state index in [0.717, 1.165) is 24.3 Å². The molecular weight excluding hydrogens is 399 g/mol. The number of hydrogen-bond donors (Lipinski definition) is 1. The van der Waals surface area contributed by atoms with Gasteiger partial charge in [0, 0.05) is 37.3 Å². The third-order valence-corrected chi connectivity index (χ3v) is 4.81. The van der Waals surface area contributed by atoms with Crippen molar-refractivity contribution in [3.05, 3.63) is 71.3 Å². The minimum absolute atomic E-state index is 0.152. The van der Waals surface area contributed by atoms with Gasteiger partial charge >= 0.3 is 6.18 Å². The number of halogens is 3. The minimum Gasteiger partial charge on any atom is -0.343 e. The summed E-state index contributed by atoms with van der Waals surface area (Å²) in [5.41, 5.74) is -0.192. The molecule has 0 bridgehead atoms. The van der Waals surface area contributed by atoms with E-state index in [9.17, 15) is 27.6 Å². The van der Waals surface area contributed by atoms with Crippen molar-refractivity contribution in [3.8, 4) is 0 Å². The van der Waals surface area contributed by atoms with Gasteiger partial charge in [0.05, 0.1) is 12.1 Å². The lowest BCUT2D eigenvalue weighted by molar-refractivity contribution is -0.137. The van der Waals surface area contributed by atoms with Crippen LogP contribution in [0.25, 0.3) is 0 Å². The van der Waals surface area contributed by atoms with Crippen molar-refractivity contribution in [1.82, 2.24) is 15.1 Å². The highest BCUT2D eigenvalue weighted by Crippen LogP contribution is 2.29. The van der Waals surface area contributed by atoms with E-state index in [4.69, 9.17) is 0 Å². The highest BCUT2D eigenvalue weighted by molar-refractivity contribution is 5.96. The van der Waals surface area contributed by atoms with Gasteiger partial charge in [0.15, 0.2) is 0 Å². The quantitative estimate of drug-likeness (QED) is 0.828. The van der Waals surface area contributed by atoms with Crippen LogP contribution in [0.5, 0.6) is 0 Å². The zero-order valence-electron chi connectivity index (χ0n) is 16.0. The first-order chi connectivity index (χ1) is 14.3. The number of benzene rings is 2. The molecule has 0 unspecified atom stereocenters. The van der Waals surface area contributed by atoms with Crippen molar-refractivity contribution in [2.24, 2.45) is 0 Å². The molecule has 6 nitrogen and oxygen atoms in total. The molecule has 0 aromatic heterocycles. The van der Waals surface area contributed by atoms with Gasteiger partial charge in [-0.3, -0.25) is 14.4 Å². The molecule has 3 rings (SSSR count). The van der Waals surface area contributed by atoms with Crippen molar-refractivity contribution in [1.29, 1.82) is 0 Å². The van der Waals surface area contributed by atoms with Crippen LogP contribution < -0.4 is 5.32 Å². The Morgan fingerprint density at radius 3 is 1.93 bits per heavy atom. The van der Waals surface area contributed by atoms with Crippen LogP contribution in [0.4, 0.5) is 13.2 Å². The lowest BCUT2D eigenvalue weighted by Crippen LogP contribution is -2.52. The number of nitrogens with zero attached hydrogens (tertiary/aromatic N) is 2. The Balaban J connectivity index is 1.48. The van der Waals surface area contributed by atoms with Gasteiger partial charge in [-0.05, 0) is 36.4 Å². The molecule has 3 amide bonds. The van der Waals surface area contributed by atoms with Crippen LogP contribution in [0.2, 0.25) is 0 Å². The topological polar surface area (TPSA) is 69.7 Å². The molecule has 0 saturated carbocycles. The van der Waals surface area contributed by atoms with Crippen LogP contribution >= 0.6 is 0 Å². The fourth-order valence-corrected chi connectivity index (χ4v) is 3.10. The van der Waals surface area contributed by atoms with E-state index in [0.29, 0.717) is 5.56 Å². The third kappa shape index (κ3) is 5.16. The van der Waals surface area contributed by atoms with Gasteiger partial charge in [-0.15, -0.1) is 0 Å². The number of carbonyl (C=O) groups excluding carboxylic acids is 3. The molecule has 1 aliphatic rings. The first-order valence-corrected chi connectivity index (χ1v) is 9.33. The standard InChI is InChI=1S/C21H20F3N3O3/c22-21(23,24)17-8-6-16(7-9-17)20(30)27-12-10-26(11-13-27)18(28)14-25-19(29)15-4-2-1-3-5-15/h1-9H,10-14H2,(H,25,29). The zero-order valence-corrected chi connectivity index (χ0v) is 16.0. The fraction of sp³-hybridized carbons (Fsp3) is 0.286. The van der Waals surface area contributed by atoms with E-state index >= 15 is 0 Å². The first kappa shape index (κ1) is 21.4. The van der Waals surface area contributed by atoms with Crippen LogP contribution in [0.15, 0.2) is 54.6 Å². The maximum atomic E-state index is 12.6. The summed E-state index contributed by atoms with van der Waals surface area (Å²) in [4.78, 5) is 39.9. The lowest BCUT2D eigenvalue weighted by atomic mass is 10.1. The summed E-state index contributed by atoms with van der Waals surface area (Å²) in [5, 5.41) is 2.57. The van der Waals surface area contributed by atoms with Crippen molar-refractivity contribution < 1.29 is 27.6 Å². The van der Waals surface area contributed by atoms with Gasteiger partial charge in [-0.2, -0.15) is 13.2 Å². The third-order valence-electron chi connectivity index (χ3n) is 4.81. The molecule has 30 heavy (non-hydrogen) atoms. The molecule has 9 heteroatoms. The second-order valence-corrected chi connectivity index (χ2v) is 6.80. The van der Waals surface area contributed by atoms with E-state index in [1.165, 1.54) is 4.90 Å². The maximum absolute atomic E-state index is 12.6. The van der Waals surface area contributed by atoms with Crippen molar-refractivity contribution in [2.45, 2.75) is 6.18 Å². The molecule has 0 aliphatic carbocycles. The Morgan fingerprint density at radius 1 is 0.800 bits per heavy atom. The molecule has 1 saturated heterocycles. The number of piperazine rings is 1. The normalized spacial score (nSPS) is 14.4. The van der Waals surface area contributed by atoms with Crippen molar-refractivity contribution in [2.75, 3.05) is 32.7 Å². The number of rotatable bonds is 4. The van der Waals surface area contributed by atoms with Gasteiger partial charge in [0.25, 0.3) is 11.8 Å².